The predicted octanol–water partition coefficient (Wildman–Crippen LogP) is 2.70. The van der Waals surface area contributed by atoms with E-state index in [1.165, 1.54) is 11.3 Å². The third-order valence-corrected chi connectivity index (χ3v) is 5.22. The van der Waals surface area contributed by atoms with Crippen LogP contribution in [0.3, 0.4) is 0 Å². The Kier molecular flexibility index (Phi) is 5.36. The van der Waals surface area contributed by atoms with Gasteiger partial charge in [-0.25, -0.2) is 4.98 Å². The van der Waals surface area contributed by atoms with Crippen molar-refractivity contribution >= 4 is 17.2 Å². The van der Waals surface area contributed by atoms with Gasteiger partial charge < -0.3 is 10.4 Å². The molecule has 0 saturated carbocycles. The summed E-state index contributed by atoms with van der Waals surface area (Å²) < 4.78 is 1.09. The largest absolute Gasteiger partial charge is 0.505 e. The Labute approximate surface area is 175 Å². The minimum absolute atomic E-state index is 0.158. The van der Waals surface area contributed by atoms with Gasteiger partial charge in [0.25, 0.3) is 11.5 Å². The number of aromatic hydroxyl groups is 1. The third kappa shape index (κ3) is 4.11. The zero-order chi connectivity index (χ0) is 21.1. The fourth-order valence-corrected chi connectivity index (χ4v) is 3.65. The van der Waals surface area contributed by atoms with Gasteiger partial charge in [-0.2, -0.15) is 9.78 Å². The number of hydrogen-bond acceptors (Lipinski definition) is 7. The summed E-state index contributed by atoms with van der Waals surface area (Å²) in [5, 5.41) is 19.5. The van der Waals surface area contributed by atoms with E-state index in [0.717, 1.165) is 26.9 Å². The Balaban J connectivity index is 1.53. The first kappa shape index (κ1) is 19.5. The molecule has 1 aromatic carbocycles. The van der Waals surface area contributed by atoms with Crippen LogP contribution >= 0.6 is 11.3 Å². The number of nitrogens with one attached hydrogen (secondary N) is 1. The second-order valence-electron chi connectivity index (χ2n) is 6.53. The maximum Gasteiger partial charge on any atom is 0.275 e. The molecule has 0 saturated heterocycles. The summed E-state index contributed by atoms with van der Waals surface area (Å²) in [6, 6.07) is 11.8. The molecule has 2 N–H and O–H groups in total. The Morgan fingerprint density at radius 3 is 2.77 bits per heavy atom. The summed E-state index contributed by atoms with van der Waals surface area (Å²) in [6.07, 6.45) is 3.38. The number of thiazole rings is 1. The number of hydrogen-bond donors (Lipinski definition) is 2. The highest BCUT2D eigenvalue weighted by Gasteiger charge is 2.17. The lowest BCUT2D eigenvalue weighted by Crippen LogP contribution is -2.29. The first-order valence-electron chi connectivity index (χ1n) is 9.04. The fourth-order valence-electron chi connectivity index (χ4n) is 2.82. The van der Waals surface area contributed by atoms with Crippen LogP contribution in [-0.2, 0) is 6.54 Å². The second-order valence-corrected chi connectivity index (χ2v) is 7.39. The number of rotatable bonds is 5. The Bertz CT molecular complexity index is 1270. The van der Waals surface area contributed by atoms with Gasteiger partial charge in [0.2, 0.25) is 0 Å². The number of benzene rings is 1. The number of pyridine rings is 1. The molecule has 0 radical (unpaired) electrons. The quantitative estimate of drug-likeness (QED) is 0.515. The van der Waals surface area contributed by atoms with Gasteiger partial charge in [0.15, 0.2) is 11.4 Å². The minimum Gasteiger partial charge on any atom is -0.505 e. The molecule has 4 rings (SSSR count). The Morgan fingerprint density at radius 1 is 1.20 bits per heavy atom. The molecular formula is C21H17N5O3S. The lowest BCUT2D eigenvalue weighted by molar-refractivity contribution is 0.0940. The highest BCUT2D eigenvalue weighted by molar-refractivity contribution is 7.13. The van der Waals surface area contributed by atoms with E-state index in [-0.39, 0.29) is 12.2 Å². The van der Waals surface area contributed by atoms with Gasteiger partial charge in [-0.15, -0.1) is 11.3 Å². The summed E-state index contributed by atoms with van der Waals surface area (Å²) in [6.45, 7) is 2.04. The molecule has 8 nitrogen and oxygen atoms in total. The van der Waals surface area contributed by atoms with Gasteiger partial charge in [-0.3, -0.25) is 14.6 Å². The van der Waals surface area contributed by atoms with Gasteiger partial charge in [0.05, 0.1) is 17.9 Å². The molecule has 3 aromatic heterocycles. The number of aromatic nitrogens is 4. The van der Waals surface area contributed by atoms with Crippen LogP contribution in [-0.4, -0.2) is 30.8 Å². The predicted molar refractivity (Wildman–Crippen MR) is 113 cm³/mol. The average molecular weight is 419 g/mol. The number of amides is 1. The van der Waals surface area contributed by atoms with Crippen molar-refractivity contribution in [3.63, 3.8) is 0 Å². The van der Waals surface area contributed by atoms with Crippen LogP contribution in [0.1, 0.15) is 21.7 Å². The average Bonchev–Trinajstić information content (AvgIpc) is 3.22. The third-order valence-electron chi connectivity index (χ3n) is 4.28. The van der Waals surface area contributed by atoms with E-state index in [9.17, 15) is 14.7 Å². The van der Waals surface area contributed by atoms with Crippen molar-refractivity contribution in [1.29, 1.82) is 0 Å². The highest BCUT2D eigenvalue weighted by Crippen LogP contribution is 2.23. The van der Waals surface area contributed by atoms with E-state index in [4.69, 9.17) is 0 Å². The van der Waals surface area contributed by atoms with Crippen LogP contribution in [0.5, 0.6) is 5.75 Å². The molecule has 0 aliphatic rings. The minimum atomic E-state index is -0.604. The zero-order valence-corrected chi connectivity index (χ0v) is 16.8. The first-order chi connectivity index (χ1) is 14.5. The van der Waals surface area contributed by atoms with Crippen LogP contribution in [0.15, 0.2) is 65.0 Å². The molecule has 0 fully saturated rings. The van der Waals surface area contributed by atoms with E-state index in [1.807, 2.05) is 30.5 Å². The zero-order valence-electron chi connectivity index (χ0n) is 15.9. The maximum absolute atomic E-state index is 12.6. The van der Waals surface area contributed by atoms with Gasteiger partial charge in [-0.05, 0) is 36.8 Å². The summed E-state index contributed by atoms with van der Waals surface area (Å²) in [5.41, 5.74) is 2.30. The number of nitrogens with zero attached hydrogens (tertiary/aromatic N) is 4. The fraction of sp³-hybridized carbons (Fsp3) is 0.0952. The normalized spacial score (nSPS) is 10.7. The van der Waals surface area contributed by atoms with Crippen LogP contribution in [0.4, 0.5) is 0 Å². The molecule has 3 heterocycles. The summed E-state index contributed by atoms with van der Waals surface area (Å²) in [7, 11) is 0. The molecule has 0 unspecified atom stereocenters. The van der Waals surface area contributed by atoms with E-state index in [1.54, 1.807) is 30.6 Å². The smallest absolute Gasteiger partial charge is 0.275 e. The molecule has 30 heavy (non-hydrogen) atoms. The summed E-state index contributed by atoms with van der Waals surface area (Å²) in [4.78, 5) is 33.3. The van der Waals surface area contributed by atoms with Crippen LogP contribution in [0.2, 0.25) is 0 Å². The number of carbonyl (C=O) groups is 1. The van der Waals surface area contributed by atoms with Crippen molar-refractivity contribution in [1.82, 2.24) is 25.1 Å². The van der Waals surface area contributed by atoms with E-state index in [2.05, 4.69) is 20.4 Å². The Hall–Kier alpha value is -3.85. The SMILES string of the molecule is Cc1cccc(-n2nc(C(=O)NCc3csc(-c4ccncc4)n3)c(O)cc2=O)c1. The lowest BCUT2D eigenvalue weighted by Gasteiger charge is -2.09. The van der Waals surface area contributed by atoms with Gasteiger partial charge in [0, 0.05) is 29.4 Å². The lowest BCUT2D eigenvalue weighted by atomic mass is 10.2. The highest BCUT2D eigenvalue weighted by atomic mass is 32.1. The standard InChI is InChI=1S/C21H17N5O3S/c1-13-3-2-4-16(9-13)26-18(28)10-17(27)19(25-26)20(29)23-11-15-12-30-21(24-15)14-5-7-22-8-6-14/h2-10,12,27H,11H2,1H3,(H,23,29). The first-order valence-corrected chi connectivity index (χ1v) is 9.92. The number of carbonyl (C=O) groups excluding carboxylic acids is 1. The Morgan fingerprint density at radius 2 is 2.00 bits per heavy atom. The van der Waals surface area contributed by atoms with Crippen molar-refractivity contribution < 1.29 is 9.90 Å². The molecule has 0 bridgehead atoms. The molecular weight excluding hydrogens is 402 g/mol. The van der Waals surface area contributed by atoms with Crippen molar-refractivity contribution in [2.75, 3.05) is 0 Å². The van der Waals surface area contributed by atoms with Gasteiger partial charge in [-0.1, -0.05) is 12.1 Å². The summed E-state index contributed by atoms with van der Waals surface area (Å²) in [5.74, 6) is -1.08. The van der Waals surface area contributed by atoms with Crippen molar-refractivity contribution in [3.8, 4) is 22.0 Å². The van der Waals surface area contributed by atoms with Gasteiger partial charge in [0.1, 0.15) is 5.01 Å². The van der Waals surface area contributed by atoms with E-state index in [0.29, 0.717) is 11.4 Å². The molecule has 4 aromatic rings. The van der Waals surface area contributed by atoms with Crippen molar-refractivity contribution in [2.45, 2.75) is 13.5 Å². The molecule has 0 spiro atoms. The van der Waals surface area contributed by atoms with Crippen molar-refractivity contribution in [3.05, 3.63) is 87.5 Å². The topological polar surface area (TPSA) is 110 Å². The van der Waals surface area contributed by atoms with Gasteiger partial charge >= 0.3 is 0 Å². The molecule has 0 atom stereocenters. The van der Waals surface area contributed by atoms with Crippen LogP contribution in [0, 0.1) is 6.92 Å². The summed E-state index contributed by atoms with van der Waals surface area (Å²) >= 11 is 1.46. The van der Waals surface area contributed by atoms with E-state index >= 15 is 0 Å². The monoisotopic (exact) mass is 419 g/mol. The number of aryl methyl sites for hydroxylation is 1. The van der Waals surface area contributed by atoms with Crippen molar-refractivity contribution in [2.24, 2.45) is 0 Å². The van der Waals surface area contributed by atoms with E-state index < -0.39 is 17.2 Å². The molecule has 9 heteroatoms. The molecule has 0 aliphatic heterocycles. The second kappa shape index (κ2) is 8.26. The molecule has 150 valence electrons. The molecule has 1 amide bonds. The van der Waals surface area contributed by atoms with Crippen LogP contribution < -0.4 is 10.9 Å². The maximum atomic E-state index is 12.6. The van der Waals surface area contributed by atoms with Crippen LogP contribution in [0.25, 0.3) is 16.3 Å². The molecule has 0 aliphatic carbocycles.